The fourth-order valence-corrected chi connectivity index (χ4v) is 3.34. The monoisotopic (exact) mass is 293 g/mol. The van der Waals surface area contributed by atoms with Gasteiger partial charge in [0.15, 0.2) is 15.6 Å². The summed E-state index contributed by atoms with van der Waals surface area (Å²) in [6.07, 6.45) is 1.70. The van der Waals surface area contributed by atoms with Gasteiger partial charge in [0, 0.05) is 13.2 Å². The molecule has 0 aliphatic rings. The first kappa shape index (κ1) is 14.3. The molecule has 2 rings (SSSR count). The summed E-state index contributed by atoms with van der Waals surface area (Å²) in [5, 5.41) is 0. The lowest BCUT2D eigenvalue weighted by molar-refractivity contribution is 0.101. The minimum absolute atomic E-state index is 0.0325. The van der Waals surface area contributed by atoms with Crippen molar-refractivity contribution >= 4 is 15.6 Å². The van der Waals surface area contributed by atoms with E-state index in [1.807, 2.05) is 0 Å². The Morgan fingerprint density at radius 3 is 2.50 bits per heavy atom. The summed E-state index contributed by atoms with van der Waals surface area (Å²) < 4.78 is 31.3. The van der Waals surface area contributed by atoms with Crippen LogP contribution in [-0.4, -0.2) is 31.6 Å². The number of methoxy groups -OCH3 is 1. The first-order chi connectivity index (χ1) is 9.45. The van der Waals surface area contributed by atoms with Gasteiger partial charge in [-0.15, -0.1) is 0 Å². The molecule has 6 heteroatoms. The van der Waals surface area contributed by atoms with Crippen LogP contribution < -0.4 is 4.74 Å². The Hall–Kier alpha value is -2.08. The number of carbonyl (C=O) groups is 1. The lowest BCUT2D eigenvalue weighted by Gasteiger charge is -2.09. The number of rotatable bonds is 5. The molecular formula is C14H15NO4S. The van der Waals surface area contributed by atoms with Crippen LogP contribution in [0.2, 0.25) is 0 Å². The Morgan fingerprint density at radius 1 is 1.20 bits per heavy atom. The molecule has 0 saturated heterocycles. The number of para-hydroxylation sites is 1. The molecular weight excluding hydrogens is 278 g/mol. The molecule has 0 spiro atoms. The Bertz CT molecular complexity index is 731. The summed E-state index contributed by atoms with van der Waals surface area (Å²) in [6.45, 7) is 0. The molecule has 0 saturated carbocycles. The number of carbonyl (C=O) groups excluding carboxylic acids is 1. The molecule has 0 atom stereocenters. The van der Waals surface area contributed by atoms with Crippen LogP contribution in [0.3, 0.4) is 0 Å². The standard InChI is InChI=1S/C14H15NO4S/c1-15-9-5-6-11(15)12(16)10-20(17,18)14-8-4-3-7-13(14)19-2/h3-9H,10H2,1-2H3. The van der Waals surface area contributed by atoms with Crippen molar-refractivity contribution in [3.05, 3.63) is 48.3 Å². The van der Waals surface area contributed by atoms with Crippen molar-refractivity contribution in [2.75, 3.05) is 12.9 Å². The molecule has 0 bridgehead atoms. The number of nitrogens with zero attached hydrogens (tertiary/aromatic N) is 1. The minimum atomic E-state index is -3.73. The van der Waals surface area contributed by atoms with E-state index in [1.54, 1.807) is 48.1 Å². The van der Waals surface area contributed by atoms with Crippen LogP contribution in [-0.2, 0) is 16.9 Å². The van der Waals surface area contributed by atoms with Gasteiger partial charge >= 0.3 is 0 Å². The number of hydrogen-bond donors (Lipinski definition) is 0. The maximum Gasteiger partial charge on any atom is 0.194 e. The van der Waals surface area contributed by atoms with Crippen LogP contribution in [0.25, 0.3) is 0 Å². The molecule has 1 aromatic heterocycles. The molecule has 0 unspecified atom stereocenters. The van der Waals surface area contributed by atoms with Crippen LogP contribution >= 0.6 is 0 Å². The number of ketones is 1. The second-order valence-electron chi connectivity index (χ2n) is 4.34. The zero-order valence-corrected chi connectivity index (χ0v) is 12.1. The van der Waals surface area contributed by atoms with E-state index in [4.69, 9.17) is 4.74 Å². The van der Waals surface area contributed by atoms with Crippen molar-refractivity contribution in [3.63, 3.8) is 0 Å². The van der Waals surface area contributed by atoms with Crippen LogP contribution in [0.1, 0.15) is 10.5 Å². The van der Waals surface area contributed by atoms with E-state index >= 15 is 0 Å². The van der Waals surface area contributed by atoms with Crippen molar-refractivity contribution in [2.45, 2.75) is 4.90 Å². The topological polar surface area (TPSA) is 65.4 Å². The second-order valence-corrected chi connectivity index (χ2v) is 6.30. The third-order valence-electron chi connectivity index (χ3n) is 2.95. The maximum atomic E-state index is 12.3. The molecule has 1 heterocycles. The van der Waals surface area contributed by atoms with Gasteiger partial charge in [0.25, 0.3) is 0 Å². The first-order valence-electron chi connectivity index (χ1n) is 5.96. The average molecular weight is 293 g/mol. The predicted octanol–water partition coefficient (Wildman–Crippen LogP) is 1.69. The number of Topliss-reactive ketones (excluding diaryl/α,β-unsaturated/α-hetero) is 1. The van der Waals surface area contributed by atoms with Gasteiger partial charge in [-0.3, -0.25) is 4.79 Å². The summed E-state index contributed by atoms with van der Waals surface area (Å²) in [5.41, 5.74) is 0.364. The van der Waals surface area contributed by atoms with Gasteiger partial charge in [0.2, 0.25) is 0 Å². The molecule has 0 radical (unpaired) electrons. The zero-order valence-electron chi connectivity index (χ0n) is 11.2. The van der Waals surface area contributed by atoms with Crippen molar-refractivity contribution in [3.8, 4) is 5.75 Å². The molecule has 106 valence electrons. The quantitative estimate of drug-likeness (QED) is 0.787. The Balaban J connectivity index is 2.33. The number of aryl methyl sites for hydroxylation is 1. The Labute approximate surface area is 117 Å². The highest BCUT2D eigenvalue weighted by Crippen LogP contribution is 2.24. The van der Waals surface area contributed by atoms with E-state index in [2.05, 4.69) is 0 Å². The highest BCUT2D eigenvalue weighted by Gasteiger charge is 2.24. The summed E-state index contributed by atoms with van der Waals surface area (Å²) in [5.74, 6) is -0.777. The van der Waals surface area contributed by atoms with Crippen LogP contribution in [0.5, 0.6) is 5.75 Å². The molecule has 1 aromatic carbocycles. The first-order valence-corrected chi connectivity index (χ1v) is 7.61. The molecule has 0 aliphatic carbocycles. The predicted molar refractivity (Wildman–Crippen MR) is 74.8 cm³/mol. The average Bonchev–Trinajstić information content (AvgIpc) is 2.84. The van der Waals surface area contributed by atoms with Gasteiger partial charge in [0.1, 0.15) is 16.4 Å². The number of hydrogen-bond acceptors (Lipinski definition) is 4. The van der Waals surface area contributed by atoms with Crippen LogP contribution in [0, 0.1) is 0 Å². The van der Waals surface area contributed by atoms with E-state index in [9.17, 15) is 13.2 Å². The summed E-state index contributed by atoms with van der Waals surface area (Å²) in [6, 6.07) is 9.56. The molecule has 0 aliphatic heterocycles. The fourth-order valence-electron chi connectivity index (χ4n) is 1.95. The minimum Gasteiger partial charge on any atom is -0.495 e. The van der Waals surface area contributed by atoms with Gasteiger partial charge in [-0.2, -0.15) is 0 Å². The van der Waals surface area contributed by atoms with E-state index in [1.165, 1.54) is 13.2 Å². The largest absolute Gasteiger partial charge is 0.495 e. The number of aromatic nitrogens is 1. The van der Waals surface area contributed by atoms with Gasteiger partial charge < -0.3 is 9.30 Å². The van der Waals surface area contributed by atoms with Crippen LogP contribution in [0.15, 0.2) is 47.5 Å². The lowest BCUT2D eigenvalue weighted by atomic mass is 10.3. The second kappa shape index (κ2) is 5.50. The lowest BCUT2D eigenvalue weighted by Crippen LogP contribution is -2.19. The SMILES string of the molecule is COc1ccccc1S(=O)(=O)CC(=O)c1cccn1C. The van der Waals surface area contributed by atoms with Crippen molar-refractivity contribution in [2.24, 2.45) is 7.05 Å². The van der Waals surface area contributed by atoms with E-state index in [-0.39, 0.29) is 10.6 Å². The Kier molecular flexibility index (Phi) is 3.94. The molecule has 5 nitrogen and oxygen atoms in total. The molecule has 2 aromatic rings. The highest BCUT2D eigenvalue weighted by molar-refractivity contribution is 7.92. The number of ether oxygens (including phenoxy) is 1. The Morgan fingerprint density at radius 2 is 1.90 bits per heavy atom. The third-order valence-corrected chi connectivity index (χ3v) is 4.60. The maximum absolute atomic E-state index is 12.3. The van der Waals surface area contributed by atoms with Crippen molar-refractivity contribution in [1.29, 1.82) is 0 Å². The molecule has 0 amide bonds. The third kappa shape index (κ3) is 2.75. The van der Waals surface area contributed by atoms with Crippen LogP contribution in [0.4, 0.5) is 0 Å². The highest BCUT2D eigenvalue weighted by atomic mass is 32.2. The summed E-state index contributed by atoms with van der Waals surface area (Å²) in [4.78, 5) is 12.1. The smallest absolute Gasteiger partial charge is 0.194 e. The van der Waals surface area contributed by atoms with Gasteiger partial charge in [-0.1, -0.05) is 12.1 Å². The molecule has 20 heavy (non-hydrogen) atoms. The number of sulfone groups is 1. The van der Waals surface area contributed by atoms with E-state index in [0.717, 1.165) is 0 Å². The summed E-state index contributed by atoms with van der Waals surface area (Å²) in [7, 11) is -0.639. The summed E-state index contributed by atoms with van der Waals surface area (Å²) >= 11 is 0. The van der Waals surface area contributed by atoms with E-state index < -0.39 is 21.4 Å². The van der Waals surface area contributed by atoms with Gasteiger partial charge in [-0.25, -0.2) is 8.42 Å². The number of benzene rings is 1. The zero-order chi connectivity index (χ0) is 14.8. The molecule has 0 N–H and O–H groups in total. The molecule has 0 fully saturated rings. The normalized spacial score (nSPS) is 11.3. The van der Waals surface area contributed by atoms with Gasteiger partial charge in [0.05, 0.1) is 12.8 Å². The van der Waals surface area contributed by atoms with Crippen molar-refractivity contribution in [1.82, 2.24) is 4.57 Å². The van der Waals surface area contributed by atoms with Crippen molar-refractivity contribution < 1.29 is 17.9 Å². The fraction of sp³-hybridized carbons (Fsp3) is 0.214. The van der Waals surface area contributed by atoms with E-state index in [0.29, 0.717) is 5.69 Å². The van der Waals surface area contributed by atoms with Gasteiger partial charge in [-0.05, 0) is 24.3 Å².